The summed E-state index contributed by atoms with van der Waals surface area (Å²) in [6.45, 7) is 3.40. The van der Waals surface area contributed by atoms with Crippen molar-refractivity contribution in [3.8, 4) is 11.5 Å². The molecule has 0 aliphatic rings. The van der Waals surface area contributed by atoms with Crippen LogP contribution in [0.3, 0.4) is 0 Å². The van der Waals surface area contributed by atoms with Crippen molar-refractivity contribution in [2.45, 2.75) is 44.2 Å². The lowest BCUT2D eigenvalue weighted by atomic mass is 10.1. The zero-order valence-electron chi connectivity index (χ0n) is 24.0. The van der Waals surface area contributed by atoms with Crippen LogP contribution in [0.25, 0.3) is 0 Å². The summed E-state index contributed by atoms with van der Waals surface area (Å²) in [7, 11) is -1.43. The highest BCUT2D eigenvalue weighted by Gasteiger charge is 2.34. The van der Waals surface area contributed by atoms with Gasteiger partial charge in [0.1, 0.15) is 24.1 Å². The Morgan fingerprint density at radius 1 is 0.952 bits per heavy atom. The number of rotatable bonds is 14. The van der Waals surface area contributed by atoms with Crippen LogP contribution >= 0.6 is 23.2 Å². The van der Waals surface area contributed by atoms with E-state index in [0.717, 1.165) is 17.1 Å². The van der Waals surface area contributed by atoms with Crippen molar-refractivity contribution < 1.29 is 27.5 Å². The van der Waals surface area contributed by atoms with Gasteiger partial charge in [0.15, 0.2) is 0 Å². The van der Waals surface area contributed by atoms with Gasteiger partial charge in [0, 0.05) is 19.2 Å². The Morgan fingerprint density at radius 3 is 2.29 bits per heavy atom. The number of anilines is 1. The molecule has 0 unspecified atom stereocenters. The highest BCUT2D eigenvalue weighted by molar-refractivity contribution is 7.92. The molecule has 0 radical (unpaired) electrons. The van der Waals surface area contributed by atoms with Gasteiger partial charge in [-0.15, -0.1) is 0 Å². The lowest BCUT2D eigenvalue weighted by molar-refractivity contribution is -0.139. The molecule has 12 heteroatoms. The lowest BCUT2D eigenvalue weighted by Gasteiger charge is -2.32. The molecule has 0 fully saturated rings. The molecule has 0 heterocycles. The number of nitrogens with one attached hydrogen (secondary N) is 1. The van der Waals surface area contributed by atoms with E-state index < -0.39 is 28.5 Å². The summed E-state index contributed by atoms with van der Waals surface area (Å²) in [5, 5.41) is 3.48. The van der Waals surface area contributed by atoms with Crippen molar-refractivity contribution in [3.05, 3.63) is 82.3 Å². The predicted molar refractivity (Wildman–Crippen MR) is 165 cm³/mol. The summed E-state index contributed by atoms with van der Waals surface area (Å²) in [6.07, 6.45) is 1.66. The number of carbonyl (C=O) groups excluding carboxylic acids is 2. The van der Waals surface area contributed by atoms with Gasteiger partial charge in [-0.2, -0.15) is 0 Å². The minimum absolute atomic E-state index is 0.0213. The van der Waals surface area contributed by atoms with Crippen molar-refractivity contribution in [1.82, 2.24) is 10.2 Å². The molecule has 226 valence electrons. The van der Waals surface area contributed by atoms with Gasteiger partial charge >= 0.3 is 0 Å². The minimum Gasteiger partial charge on any atom is -0.497 e. The first-order chi connectivity index (χ1) is 20.0. The van der Waals surface area contributed by atoms with Crippen molar-refractivity contribution in [2.75, 3.05) is 31.6 Å². The molecule has 2 amide bonds. The number of sulfonamides is 1. The molecule has 0 aliphatic heterocycles. The van der Waals surface area contributed by atoms with E-state index in [1.54, 1.807) is 55.5 Å². The second-order valence-corrected chi connectivity index (χ2v) is 12.1. The maximum absolute atomic E-state index is 14.1. The van der Waals surface area contributed by atoms with Crippen molar-refractivity contribution >= 4 is 50.7 Å². The van der Waals surface area contributed by atoms with Gasteiger partial charge in [-0.1, -0.05) is 60.8 Å². The number of carbonyl (C=O) groups is 2. The number of unbranched alkanes of at least 4 members (excludes halogenated alkanes) is 1. The van der Waals surface area contributed by atoms with E-state index in [-0.39, 0.29) is 33.8 Å². The fourth-order valence-corrected chi connectivity index (χ4v) is 5.94. The van der Waals surface area contributed by atoms with Crippen LogP contribution in [-0.4, -0.2) is 58.5 Å². The molecule has 0 aliphatic carbocycles. The molecule has 3 rings (SSSR count). The van der Waals surface area contributed by atoms with E-state index in [4.69, 9.17) is 32.7 Å². The molecule has 0 saturated heterocycles. The van der Waals surface area contributed by atoms with Crippen LogP contribution in [0.5, 0.6) is 11.5 Å². The third-order valence-corrected chi connectivity index (χ3v) is 9.11. The number of hydrogen-bond acceptors (Lipinski definition) is 6. The number of nitrogens with zero attached hydrogens (tertiary/aromatic N) is 2. The molecular formula is C30H35Cl2N3O6S. The van der Waals surface area contributed by atoms with Crippen LogP contribution in [0.1, 0.15) is 32.3 Å². The smallest absolute Gasteiger partial charge is 0.264 e. The normalized spacial score (nSPS) is 11.9. The van der Waals surface area contributed by atoms with Gasteiger partial charge < -0.3 is 19.7 Å². The van der Waals surface area contributed by atoms with Gasteiger partial charge in [-0.25, -0.2) is 8.42 Å². The van der Waals surface area contributed by atoms with E-state index in [1.807, 2.05) is 6.92 Å². The Kier molecular flexibility index (Phi) is 11.9. The fourth-order valence-electron chi connectivity index (χ4n) is 4.18. The minimum atomic E-state index is -4.28. The van der Waals surface area contributed by atoms with Gasteiger partial charge in [-0.3, -0.25) is 13.9 Å². The average molecular weight is 637 g/mol. The Labute approximate surface area is 257 Å². The number of ether oxygens (including phenoxy) is 2. The summed E-state index contributed by atoms with van der Waals surface area (Å²) in [5.74, 6) is -0.413. The number of methoxy groups -OCH3 is 2. The highest BCUT2D eigenvalue weighted by Crippen LogP contribution is 2.36. The van der Waals surface area contributed by atoms with E-state index >= 15 is 0 Å². The SMILES string of the molecule is CCCCNC(=O)[C@@H](C)N(Cc1ccc(Cl)c(Cl)c1)C(=O)CN(c1cc(OC)ccc1OC)S(=O)(=O)c1ccccc1. The van der Waals surface area contributed by atoms with E-state index in [1.165, 1.54) is 37.3 Å². The van der Waals surface area contributed by atoms with Crippen LogP contribution in [0.15, 0.2) is 71.6 Å². The summed E-state index contributed by atoms with van der Waals surface area (Å²) >= 11 is 12.3. The number of halogens is 2. The van der Waals surface area contributed by atoms with Gasteiger partial charge in [0.25, 0.3) is 10.0 Å². The molecule has 0 aromatic heterocycles. The van der Waals surface area contributed by atoms with Crippen molar-refractivity contribution in [2.24, 2.45) is 0 Å². The topological polar surface area (TPSA) is 105 Å². The molecule has 9 nitrogen and oxygen atoms in total. The molecule has 3 aromatic rings. The summed E-state index contributed by atoms with van der Waals surface area (Å²) < 4.78 is 39.8. The lowest BCUT2D eigenvalue weighted by Crippen LogP contribution is -2.51. The molecule has 0 bridgehead atoms. The van der Waals surface area contributed by atoms with E-state index in [2.05, 4.69) is 5.32 Å². The van der Waals surface area contributed by atoms with E-state index in [9.17, 15) is 18.0 Å². The molecule has 42 heavy (non-hydrogen) atoms. The van der Waals surface area contributed by atoms with Crippen molar-refractivity contribution in [3.63, 3.8) is 0 Å². The van der Waals surface area contributed by atoms with Crippen LogP contribution in [0.2, 0.25) is 10.0 Å². The average Bonchev–Trinajstić information content (AvgIpc) is 2.99. The molecule has 0 spiro atoms. The third kappa shape index (κ3) is 8.08. The van der Waals surface area contributed by atoms with Gasteiger partial charge in [0.2, 0.25) is 11.8 Å². The Hall–Kier alpha value is -3.47. The second-order valence-electron chi connectivity index (χ2n) is 9.45. The molecular weight excluding hydrogens is 601 g/mol. The molecule has 1 atom stereocenters. The summed E-state index contributed by atoms with van der Waals surface area (Å²) in [4.78, 5) is 28.5. The molecule has 3 aromatic carbocycles. The van der Waals surface area contributed by atoms with Gasteiger partial charge in [-0.05, 0) is 55.3 Å². The summed E-state index contributed by atoms with van der Waals surface area (Å²) in [6, 6.07) is 16.4. The molecule has 0 saturated carbocycles. The first-order valence-corrected chi connectivity index (χ1v) is 15.5. The number of benzene rings is 3. The first kappa shape index (κ1) is 33.0. The second kappa shape index (κ2) is 15.1. The van der Waals surface area contributed by atoms with Crippen LogP contribution in [0, 0.1) is 0 Å². The largest absolute Gasteiger partial charge is 0.497 e. The van der Waals surface area contributed by atoms with Crippen molar-refractivity contribution in [1.29, 1.82) is 0 Å². The maximum Gasteiger partial charge on any atom is 0.264 e. The van der Waals surface area contributed by atoms with Crippen LogP contribution in [0.4, 0.5) is 5.69 Å². The molecule has 1 N–H and O–H groups in total. The van der Waals surface area contributed by atoms with Crippen LogP contribution in [-0.2, 0) is 26.2 Å². The zero-order chi connectivity index (χ0) is 30.9. The summed E-state index contributed by atoms with van der Waals surface area (Å²) in [5.41, 5.74) is 0.714. The number of hydrogen-bond donors (Lipinski definition) is 1. The Morgan fingerprint density at radius 2 is 1.67 bits per heavy atom. The fraction of sp³-hybridized carbons (Fsp3) is 0.333. The standard InChI is InChI=1S/C30H35Cl2N3O6S/c1-5-6-16-33-30(37)21(2)34(19-22-12-14-25(31)26(32)17-22)29(36)20-35(42(38,39)24-10-8-7-9-11-24)27-18-23(40-3)13-15-28(27)41-4/h7-15,17-18,21H,5-6,16,19-20H2,1-4H3,(H,33,37)/t21-/m1/s1. The zero-order valence-corrected chi connectivity index (χ0v) is 26.3. The van der Waals surface area contributed by atoms with Crippen LogP contribution < -0.4 is 19.1 Å². The predicted octanol–water partition coefficient (Wildman–Crippen LogP) is 5.54. The Bertz CT molecular complexity index is 1490. The maximum atomic E-state index is 14.1. The Balaban J connectivity index is 2.09. The quantitative estimate of drug-likeness (QED) is 0.233. The number of amides is 2. The third-order valence-electron chi connectivity index (χ3n) is 6.60. The van der Waals surface area contributed by atoms with E-state index in [0.29, 0.717) is 22.9 Å². The first-order valence-electron chi connectivity index (χ1n) is 13.3. The van der Waals surface area contributed by atoms with Gasteiger partial charge in [0.05, 0.1) is 34.8 Å². The monoisotopic (exact) mass is 635 g/mol. The highest BCUT2D eigenvalue weighted by atomic mass is 35.5.